The summed E-state index contributed by atoms with van der Waals surface area (Å²) in [5, 5.41) is 2.47. The first kappa shape index (κ1) is 16.9. The van der Waals surface area contributed by atoms with Crippen molar-refractivity contribution in [2.45, 2.75) is 0 Å². The van der Waals surface area contributed by atoms with E-state index in [-0.39, 0.29) is 5.69 Å². The number of hydrogen-bond acceptors (Lipinski definition) is 3. The average molecular weight is 340 g/mol. The van der Waals surface area contributed by atoms with E-state index in [9.17, 15) is 22.0 Å². The molecule has 1 N–H and O–H groups in total. The first-order valence-electron chi connectivity index (χ1n) is 6.54. The Morgan fingerprint density at radius 2 is 1.48 bits per heavy atom. The minimum absolute atomic E-state index is 0.170. The normalized spacial score (nSPS) is 11.1. The lowest BCUT2D eigenvalue weighted by atomic mass is 10.3. The van der Waals surface area contributed by atoms with Crippen molar-refractivity contribution in [3.05, 3.63) is 60.2 Å². The van der Waals surface area contributed by atoms with Crippen LogP contribution in [0.2, 0.25) is 0 Å². The summed E-state index contributed by atoms with van der Waals surface area (Å²) < 4.78 is 50.3. The highest BCUT2D eigenvalue weighted by Gasteiger charge is 2.20. The third-order valence-electron chi connectivity index (χ3n) is 2.93. The highest BCUT2D eigenvalue weighted by Crippen LogP contribution is 2.18. The van der Waals surface area contributed by atoms with E-state index in [1.54, 1.807) is 0 Å². The number of nitrogens with one attached hydrogen (secondary N) is 1. The summed E-state index contributed by atoms with van der Waals surface area (Å²) in [7, 11) is -3.73. The van der Waals surface area contributed by atoms with Crippen LogP contribution in [-0.2, 0) is 14.8 Å². The number of benzene rings is 2. The van der Waals surface area contributed by atoms with E-state index in [1.165, 1.54) is 36.4 Å². The van der Waals surface area contributed by atoms with Gasteiger partial charge in [0.15, 0.2) is 0 Å². The van der Waals surface area contributed by atoms with E-state index in [4.69, 9.17) is 0 Å². The van der Waals surface area contributed by atoms with Crippen LogP contribution in [0.1, 0.15) is 0 Å². The van der Waals surface area contributed by atoms with E-state index in [0.29, 0.717) is 5.69 Å². The lowest BCUT2D eigenvalue weighted by molar-refractivity contribution is -0.114. The highest BCUT2D eigenvalue weighted by molar-refractivity contribution is 7.92. The van der Waals surface area contributed by atoms with Crippen molar-refractivity contribution < 1.29 is 22.0 Å². The van der Waals surface area contributed by atoms with Crippen molar-refractivity contribution >= 4 is 27.3 Å². The average Bonchev–Trinajstić information content (AvgIpc) is 2.47. The van der Waals surface area contributed by atoms with E-state index in [2.05, 4.69) is 5.32 Å². The number of hydrogen-bond donors (Lipinski definition) is 1. The van der Waals surface area contributed by atoms with Crippen molar-refractivity contribution in [2.24, 2.45) is 0 Å². The smallest absolute Gasteiger partial charge is 0.245 e. The summed E-state index contributed by atoms with van der Waals surface area (Å²) in [6, 6.07) is 9.79. The van der Waals surface area contributed by atoms with Crippen molar-refractivity contribution in [2.75, 3.05) is 22.4 Å². The molecule has 0 aromatic heterocycles. The van der Waals surface area contributed by atoms with Gasteiger partial charge in [0.1, 0.15) is 18.2 Å². The van der Waals surface area contributed by atoms with Gasteiger partial charge in [-0.25, -0.2) is 17.2 Å². The van der Waals surface area contributed by atoms with Crippen LogP contribution in [0.3, 0.4) is 0 Å². The second-order valence-corrected chi connectivity index (χ2v) is 6.71. The summed E-state index contributed by atoms with van der Waals surface area (Å²) in [5.74, 6) is -1.57. The molecule has 0 bridgehead atoms. The lowest BCUT2D eigenvalue weighted by Gasteiger charge is -2.21. The summed E-state index contributed by atoms with van der Waals surface area (Å²) >= 11 is 0. The summed E-state index contributed by atoms with van der Waals surface area (Å²) in [4.78, 5) is 12.0. The van der Waals surface area contributed by atoms with Crippen LogP contribution in [0.25, 0.3) is 0 Å². The molecule has 23 heavy (non-hydrogen) atoms. The summed E-state index contributed by atoms with van der Waals surface area (Å²) in [5.41, 5.74) is 0.507. The molecule has 0 aliphatic heterocycles. The van der Waals surface area contributed by atoms with Gasteiger partial charge in [0.25, 0.3) is 0 Å². The maximum atomic E-state index is 13.0. The molecule has 8 heteroatoms. The van der Waals surface area contributed by atoms with Gasteiger partial charge >= 0.3 is 0 Å². The topological polar surface area (TPSA) is 66.5 Å². The largest absolute Gasteiger partial charge is 0.325 e. The zero-order chi connectivity index (χ0) is 17.0. The van der Waals surface area contributed by atoms with Gasteiger partial charge in [-0.2, -0.15) is 0 Å². The van der Waals surface area contributed by atoms with E-state index >= 15 is 0 Å². The van der Waals surface area contributed by atoms with E-state index < -0.39 is 34.1 Å². The molecule has 0 atom stereocenters. The van der Waals surface area contributed by atoms with Crippen LogP contribution < -0.4 is 9.62 Å². The third-order valence-corrected chi connectivity index (χ3v) is 4.07. The second-order valence-electron chi connectivity index (χ2n) is 4.80. The Balaban J connectivity index is 2.16. The molecule has 0 unspecified atom stereocenters. The number of nitrogens with zero attached hydrogens (tertiary/aromatic N) is 1. The predicted molar refractivity (Wildman–Crippen MR) is 83.6 cm³/mol. The minimum atomic E-state index is -3.73. The Hall–Kier alpha value is -2.48. The SMILES string of the molecule is CS(=O)(=O)N(CC(=O)Nc1ccc(F)cc1)c1ccc(F)cc1. The number of amides is 1. The molecule has 0 saturated carbocycles. The van der Waals surface area contributed by atoms with Crippen LogP contribution >= 0.6 is 0 Å². The predicted octanol–water partition coefficient (Wildman–Crippen LogP) is 2.37. The molecule has 2 rings (SSSR count). The molecule has 2 aromatic carbocycles. The quantitative estimate of drug-likeness (QED) is 0.909. The molecular formula is C15H14F2N2O3S. The fourth-order valence-corrected chi connectivity index (χ4v) is 2.73. The molecule has 0 fully saturated rings. The van der Waals surface area contributed by atoms with Crippen LogP contribution in [0.15, 0.2) is 48.5 Å². The number of carbonyl (C=O) groups is 1. The molecule has 0 heterocycles. The van der Waals surface area contributed by atoms with Crippen LogP contribution in [0, 0.1) is 11.6 Å². The van der Waals surface area contributed by atoms with Gasteiger partial charge in [0, 0.05) is 5.69 Å². The standard InChI is InChI=1S/C15H14F2N2O3S/c1-23(21,22)19(14-8-4-12(17)5-9-14)10-15(20)18-13-6-2-11(16)3-7-13/h2-9H,10H2,1H3,(H,18,20). The zero-order valence-electron chi connectivity index (χ0n) is 12.2. The van der Waals surface area contributed by atoms with Crippen molar-refractivity contribution in [1.29, 1.82) is 0 Å². The number of rotatable bonds is 5. The number of carbonyl (C=O) groups excluding carboxylic acids is 1. The molecule has 5 nitrogen and oxygen atoms in total. The van der Waals surface area contributed by atoms with Gasteiger partial charge in [-0.1, -0.05) is 0 Å². The van der Waals surface area contributed by atoms with Gasteiger partial charge in [-0.05, 0) is 48.5 Å². The third kappa shape index (κ3) is 4.75. The second kappa shape index (κ2) is 6.74. The molecule has 122 valence electrons. The van der Waals surface area contributed by atoms with E-state index in [1.807, 2.05) is 0 Å². The van der Waals surface area contributed by atoms with Crippen LogP contribution in [0.5, 0.6) is 0 Å². The fraction of sp³-hybridized carbons (Fsp3) is 0.133. The Kier molecular flexibility index (Phi) is 4.95. The molecular weight excluding hydrogens is 326 g/mol. The van der Waals surface area contributed by atoms with Gasteiger partial charge in [-0.15, -0.1) is 0 Å². The molecule has 0 saturated heterocycles. The maximum absolute atomic E-state index is 13.0. The Labute approximate surface area is 132 Å². The molecule has 0 radical (unpaired) electrons. The number of anilines is 2. The van der Waals surface area contributed by atoms with E-state index in [0.717, 1.165) is 22.7 Å². The maximum Gasteiger partial charge on any atom is 0.245 e. The van der Waals surface area contributed by atoms with Gasteiger partial charge in [-0.3, -0.25) is 9.10 Å². The van der Waals surface area contributed by atoms with Crippen LogP contribution in [0.4, 0.5) is 20.2 Å². The molecule has 0 aliphatic carbocycles. The zero-order valence-corrected chi connectivity index (χ0v) is 13.0. The van der Waals surface area contributed by atoms with Crippen molar-refractivity contribution in [3.63, 3.8) is 0 Å². The van der Waals surface area contributed by atoms with Crippen LogP contribution in [-0.4, -0.2) is 27.1 Å². The number of sulfonamides is 1. The monoisotopic (exact) mass is 340 g/mol. The van der Waals surface area contributed by atoms with Crippen molar-refractivity contribution in [1.82, 2.24) is 0 Å². The molecule has 0 spiro atoms. The van der Waals surface area contributed by atoms with Gasteiger partial charge < -0.3 is 5.32 Å². The first-order valence-corrected chi connectivity index (χ1v) is 8.39. The number of halogens is 2. The fourth-order valence-electron chi connectivity index (χ4n) is 1.87. The molecule has 1 amide bonds. The Morgan fingerprint density at radius 1 is 1.00 bits per heavy atom. The summed E-state index contributed by atoms with van der Waals surface area (Å²) in [6.07, 6.45) is 0.946. The Bertz CT molecular complexity index is 790. The molecule has 2 aromatic rings. The minimum Gasteiger partial charge on any atom is -0.325 e. The Morgan fingerprint density at radius 3 is 1.96 bits per heavy atom. The first-order chi connectivity index (χ1) is 10.8. The highest BCUT2D eigenvalue weighted by atomic mass is 32.2. The lowest BCUT2D eigenvalue weighted by Crippen LogP contribution is -2.37. The summed E-state index contributed by atoms with van der Waals surface area (Å²) in [6.45, 7) is -0.484. The molecule has 0 aliphatic rings. The van der Waals surface area contributed by atoms with Gasteiger partial charge in [0.05, 0.1) is 11.9 Å². The van der Waals surface area contributed by atoms with Gasteiger partial charge in [0.2, 0.25) is 15.9 Å². The van der Waals surface area contributed by atoms with Crippen molar-refractivity contribution in [3.8, 4) is 0 Å².